The Bertz CT molecular complexity index is 254. The van der Waals surface area contributed by atoms with Crippen LogP contribution in [0.3, 0.4) is 0 Å². The van der Waals surface area contributed by atoms with Crippen LogP contribution >= 0.6 is 0 Å². The third kappa shape index (κ3) is 5.81. The molecule has 4 heteroatoms. The SMILES string of the molecule is CCOC1CCN(CCC(C#N)NC(C)C)CC1. The van der Waals surface area contributed by atoms with Crippen LogP contribution in [0.1, 0.15) is 40.0 Å². The van der Waals surface area contributed by atoms with Crippen molar-refractivity contribution in [3.8, 4) is 6.07 Å². The molecule has 1 saturated heterocycles. The number of nitriles is 1. The lowest BCUT2D eigenvalue weighted by atomic mass is 10.1. The van der Waals surface area contributed by atoms with Crippen molar-refractivity contribution in [2.75, 3.05) is 26.2 Å². The van der Waals surface area contributed by atoms with Crippen LogP contribution in [0.4, 0.5) is 0 Å². The van der Waals surface area contributed by atoms with Gasteiger partial charge in [-0.1, -0.05) is 0 Å². The second kappa shape index (κ2) is 8.47. The predicted octanol–water partition coefficient (Wildman–Crippen LogP) is 1.77. The quantitative estimate of drug-likeness (QED) is 0.751. The molecule has 1 fully saturated rings. The maximum atomic E-state index is 9.07. The number of hydrogen-bond donors (Lipinski definition) is 1. The van der Waals surface area contributed by atoms with Crippen LogP contribution in [0.5, 0.6) is 0 Å². The first-order chi connectivity index (χ1) is 8.65. The first-order valence-electron chi connectivity index (χ1n) is 7.15. The third-order valence-corrected chi connectivity index (χ3v) is 3.36. The zero-order valence-corrected chi connectivity index (χ0v) is 12.0. The van der Waals surface area contributed by atoms with Crippen molar-refractivity contribution in [2.45, 2.75) is 58.2 Å². The number of likely N-dealkylation sites (tertiary alicyclic amines) is 1. The van der Waals surface area contributed by atoms with Crippen LogP contribution < -0.4 is 5.32 Å². The largest absolute Gasteiger partial charge is 0.378 e. The van der Waals surface area contributed by atoms with Crippen LogP contribution in [0.2, 0.25) is 0 Å². The number of hydrogen-bond acceptors (Lipinski definition) is 4. The fourth-order valence-corrected chi connectivity index (χ4v) is 2.43. The number of nitrogens with one attached hydrogen (secondary N) is 1. The van der Waals surface area contributed by atoms with Crippen molar-refractivity contribution < 1.29 is 4.74 Å². The molecule has 0 saturated carbocycles. The van der Waals surface area contributed by atoms with Crippen LogP contribution in [0, 0.1) is 11.3 Å². The molecule has 0 aromatic heterocycles. The van der Waals surface area contributed by atoms with E-state index >= 15 is 0 Å². The van der Waals surface area contributed by atoms with E-state index in [1.54, 1.807) is 0 Å². The Hall–Kier alpha value is -0.630. The van der Waals surface area contributed by atoms with E-state index in [0.29, 0.717) is 12.1 Å². The Labute approximate surface area is 111 Å². The molecule has 0 spiro atoms. The van der Waals surface area contributed by atoms with Gasteiger partial charge in [0.2, 0.25) is 0 Å². The highest BCUT2D eigenvalue weighted by atomic mass is 16.5. The van der Waals surface area contributed by atoms with E-state index in [0.717, 1.165) is 45.5 Å². The molecule has 1 aliphatic rings. The molecule has 0 aromatic carbocycles. The Balaban J connectivity index is 2.18. The zero-order valence-electron chi connectivity index (χ0n) is 12.0. The fourth-order valence-electron chi connectivity index (χ4n) is 2.43. The average Bonchev–Trinajstić information content (AvgIpc) is 2.36. The Morgan fingerprint density at radius 2 is 2.06 bits per heavy atom. The van der Waals surface area contributed by atoms with Crippen molar-refractivity contribution in [1.82, 2.24) is 10.2 Å². The lowest BCUT2D eigenvalue weighted by molar-refractivity contribution is 0.0138. The highest BCUT2D eigenvalue weighted by Crippen LogP contribution is 2.14. The first kappa shape index (κ1) is 15.4. The molecule has 0 radical (unpaired) electrons. The summed E-state index contributed by atoms with van der Waals surface area (Å²) in [6, 6.07) is 2.69. The molecule has 104 valence electrons. The molecule has 18 heavy (non-hydrogen) atoms. The molecule has 0 amide bonds. The van der Waals surface area contributed by atoms with Gasteiger partial charge in [0.05, 0.1) is 18.2 Å². The second-order valence-electron chi connectivity index (χ2n) is 5.29. The van der Waals surface area contributed by atoms with E-state index in [-0.39, 0.29) is 6.04 Å². The van der Waals surface area contributed by atoms with Gasteiger partial charge in [-0.05, 0) is 40.0 Å². The topological polar surface area (TPSA) is 48.3 Å². The summed E-state index contributed by atoms with van der Waals surface area (Å²) >= 11 is 0. The lowest BCUT2D eigenvalue weighted by Gasteiger charge is -2.32. The number of piperidine rings is 1. The summed E-state index contributed by atoms with van der Waals surface area (Å²) in [6.45, 7) is 10.3. The summed E-state index contributed by atoms with van der Waals surface area (Å²) in [4.78, 5) is 2.45. The zero-order chi connectivity index (χ0) is 13.4. The maximum Gasteiger partial charge on any atom is 0.0967 e. The van der Waals surface area contributed by atoms with Gasteiger partial charge in [0.25, 0.3) is 0 Å². The highest BCUT2D eigenvalue weighted by molar-refractivity contribution is 4.91. The second-order valence-corrected chi connectivity index (χ2v) is 5.29. The molecule has 1 N–H and O–H groups in total. The highest BCUT2D eigenvalue weighted by Gasteiger charge is 2.20. The Morgan fingerprint density at radius 3 is 2.56 bits per heavy atom. The van der Waals surface area contributed by atoms with Crippen LogP contribution in [0.15, 0.2) is 0 Å². The van der Waals surface area contributed by atoms with Crippen molar-refractivity contribution in [3.63, 3.8) is 0 Å². The molecule has 4 nitrogen and oxygen atoms in total. The minimum atomic E-state index is -0.0189. The molecular formula is C14H27N3O. The Morgan fingerprint density at radius 1 is 1.39 bits per heavy atom. The Kier molecular flexibility index (Phi) is 7.26. The van der Waals surface area contributed by atoms with Gasteiger partial charge >= 0.3 is 0 Å². The summed E-state index contributed by atoms with van der Waals surface area (Å²) in [5.74, 6) is 0. The van der Waals surface area contributed by atoms with Gasteiger partial charge in [0.1, 0.15) is 0 Å². The van der Waals surface area contributed by atoms with Crippen molar-refractivity contribution in [1.29, 1.82) is 5.26 Å². The van der Waals surface area contributed by atoms with Crippen molar-refractivity contribution in [2.24, 2.45) is 0 Å². The van der Waals surface area contributed by atoms with Gasteiger partial charge in [0.15, 0.2) is 0 Å². The number of rotatable bonds is 7. The van der Waals surface area contributed by atoms with E-state index in [9.17, 15) is 0 Å². The first-order valence-corrected chi connectivity index (χ1v) is 7.15. The molecule has 1 heterocycles. The summed E-state index contributed by atoms with van der Waals surface area (Å²) in [5, 5.41) is 12.4. The van der Waals surface area contributed by atoms with Gasteiger partial charge < -0.3 is 9.64 Å². The van der Waals surface area contributed by atoms with E-state index in [4.69, 9.17) is 10.00 Å². The molecular weight excluding hydrogens is 226 g/mol. The molecule has 0 aliphatic carbocycles. The van der Waals surface area contributed by atoms with Gasteiger partial charge in [-0.3, -0.25) is 5.32 Å². The van der Waals surface area contributed by atoms with Gasteiger partial charge in [-0.2, -0.15) is 5.26 Å². The summed E-state index contributed by atoms with van der Waals surface area (Å²) in [6.07, 6.45) is 3.62. The average molecular weight is 253 g/mol. The van der Waals surface area contributed by atoms with Gasteiger partial charge in [-0.25, -0.2) is 0 Å². The standard InChI is InChI=1S/C14H27N3O/c1-4-18-14-6-9-17(10-7-14)8-5-13(11-15)16-12(2)3/h12-14,16H,4-10H2,1-3H3. The lowest BCUT2D eigenvalue weighted by Crippen LogP contribution is -2.41. The monoisotopic (exact) mass is 253 g/mol. The number of ether oxygens (including phenoxy) is 1. The minimum absolute atomic E-state index is 0.0189. The van der Waals surface area contributed by atoms with Crippen LogP contribution in [-0.4, -0.2) is 49.3 Å². The molecule has 1 aliphatic heterocycles. The third-order valence-electron chi connectivity index (χ3n) is 3.36. The van der Waals surface area contributed by atoms with Crippen LogP contribution in [0.25, 0.3) is 0 Å². The number of nitrogens with zero attached hydrogens (tertiary/aromatic N) is 2. The van der Waals surface area contributed by atoms with Crippen molar-refractivity contribution in [3.05, 3.63) is 0 Å². The smallest absolute Gasteiger partial charge is 0.0967 e. The van der Waals surface area contributed by atoms with Crippen LogP contribution in [-0.2, 0) is 4.74 Å². The van der Waals surface area contributed by atoms with E-state index in [1.165, 1.54) is 0 Å². The summed E-state index contributed by atoms with van der Waals surface area (Å²) in [5.41, 5.74) is 0. The summed E-state index contributed by atoms with van der Waals surface area (Å²) < 4.78 is 5.64. The molecule has 1 rings (SSSR count). The molecule has 0 aromatic rings. The van der Waals surface area contributed by atoms with Gasteiger partial charge in [0, 0.05) is 32.3 Å². The molecule has 0 bridgehead atoms. The van der Waals surface area contributed by atoms with E-state index in [1.807, 2.05) is 0 Å². The van der Waals surface area contributed by atoms with E-state index < -0.39 is 0 Å². The maximum absolute atomic E-state index is 9.07. The van der Waals surface area contributed by atoms with Gasteiger partial charge in [-0.15, -0.1) is 0 Å². The molecule has 1 unspecified atom stereocenters. The van der Waals surface area contributed by atoms with Crippen molar-refractivity contribution >= 4 is 0 Å². The molecule has 1 atom stereocenters. The van der Waals surface area contributed by atoms with E-state index in [2.05, 4.69) is 37.1 Å². The minimum Gasteiger partial charge on any atom is -0.378 e. The fraction of sp³-hybridized carbons (Fsp3) is 0.929. The summed E-state index contributed by atoms with van der Waals surface area (Å²) in [7, 11) is 0. The normalized spacial score (nSPS) is 19.9. The predicted molar refractivity (Wildman–Crippen MR) is 73.4 cm³/mol.